The van der Waals surface area contributed by atoms with Crippen LogP contribution in [0.25, 0.3) is 11.2 Å². The van der Waals surface area contributed by atoms with Gasteiger partial charge in [-0.3, -0.25) is 27.7 Å². The second-order valence-electron chi connectivity index (χ2n) is 11.1. The Labute approximate surface area is 272 Å². The molecule has 23 nitrogen and oxygen atoms in total. The van der Waals surface area contributed by atoms with Crippen molar-refractivity contribution in [1.82, 2.24) is 30.2 Å². The number of nitrogens with one attached hydrogen (secondary N) is 2. The quantitative estimate of drug-likeness (QED) is 0.0809. The molecule has 1 aliphatic heterocycles. The van der Waals surface area contributed by atoms with Crippen LogP contribution in [0.5, 0.6) is 0 Å². The number of carbonyl (C=O) groups is 2. The molecule has 1 aliphatic rings. The van der Waals surface area contributed by atoms with Crippen molar-refractivity contribution in [2.24, 2.45) is 5.41 Å². The molecule has 26 heteroatoms. The fourth-order valence-electron chi connectivity index (χ4n) is 4.20. The van der Waals surface area contributed by atoms with E-state index in [1.807, 2.05) is 6.92 Å². The van der Waals surface area contributed by atoms with Crippen molar-refractivity contribution in [3.8, 4) is 0 Å². The molecule has 272 valence electrons. The van der Waals surface area contributed by atoms with Crippen LogP contribution in [-0.4, -0.2) is 112 Å². The van der Waals surface area contributed by atoms with Crippen LogP contribution in [0.15, 0.2) is 12.7 Å². The van der Waals surface area contributed by atoms with Crippen LogP contribution in [0, 0.1) is 5.41 Å². The first-order valence-corrected chi connectivity index (χ1v) is 18.6. The smallest absolute Gasteiger partial charge is 0.386 e. The van der Waals surface area contributed by atoms with E-state index in [4.69, 9.17) is 19.5 Å². The molecule has 2 aromatic rings. The maximum absolute atomic E-state index is 12.6. The normalized spacial score (nSPS) is 23.4. The largest absolute Gasteiger partial charge is 0.481 e. The number of aliphatic hydroxyl groups is 2. The van der Waals surface area contributed by atoms with E-state index in [1.165, 1.54) is 13.8 Å². The molecule has 0 aromatic carbocycles. The van der Waals surface area contributed by atoms with Gasteiger partial charge in [-0.2, -0.15) is 4.31 Å². The second kappa shape index (κ2) is 16.0. The van der Waals surface area contributed by atoms with Crippen molar-refractivity contribution in [3.63, 3.8) is 0 Å². The summed E-state index contributed by atoms with van der Waals surface area (Å²) >= 11 is 0. The Morgan fingerprint density at radius 3 is 2.40 bits per heavy atom. The van der Waals surface area contributed by atoms with E-state index < -0.39 is 78.6 Å². The predicted octanol–water partition coefficient (Wildman–Crippen LogP) is -1.19. The number of fused-ring (bicyclic) bond motifs is 1. The second-order valence-corrected chi connectivity index (χ2v) is 15.3. The molecule has 3 heterocycles. The van der Waals surface area contributed by atoms with Gasteiger partial charge in [-0.1, -0.05) is 20.8 Å². The Morgan fingerprint density at radius 1 is 1.08 bits per heavy atom. The van der Waals surface area contributed by atoms with Crippen LogP contribution in [0.2, 0.25) is 0 Å². The van der Waals surface area contributed by atoms with Gasteiger partial charge in [0.2, 0.25) is 11.8 Å². The number of anilines is 1. The number of aromatic nitrogens is 4. The number of ether oxygens (including phenoxy) is 1. The molecule has 1 saturated heterocycles. The molecule has 2 unspecified atom stereocenters. The van der Waals surface area contributed by atoms with E-state index in [2.05, 4.69) is 34.4 Å². The predicted molar refractivity (Wildman–Crippen MR) is 160 cm³/mol. The number of carbonyl (C=O) groups excluding carboxylic acids is 2. The molecule has 3 rings (SSSR count). The molecule has 2 aromatic heterocycles. The summed E-state index contributed by atoms with van der Waals surface area (Å²) in [5, 5.41) is 26.2. The third kappa shape index (κ3) is 11.0. The molecule has 1 fully saturated rings. The Kier molecular flexibility index (Phi) is 13.4. The third-order valence-corrected chi connectivity index (χ3v) is 9.75. The minimum absolute atomic E-state index is 0.0343. The topological polar surface area (TPSA) is 347 Å². The molecule has 0 saturated carbocycles. The zero-order valence-electron chi connectivity index (χ0n) is 25.8. The van der Waals surface area contributed by atoms with Crippen LogP contribution in [-0.2, 0) is 45.9 Å². The number of phosphoric ester groups is 3. The number of amides is 2. The highest BCUT2D eigenvalue weighted by Crippen LogP contribution is 2.61. The lowest BCUT2D eigenvalue weighted by Gasteiger charge is -2.30. The van der Waals surface area contributed by atoms with Gasteiger partial charge < -0.3 is 50.9 Å². The molecule has 0 radical (unpaired) electrons. The van der Waals surface area contributed by atoms with Gasteiger partial charge >= 0.3 is 23.5 Å². The standard InChI is InChI=1S/C22H38N7O16P3/c1-4-6-24-13(30)5-7-25-20(33)17(32)22(2,3)9-42-48(39,40)45-47(37,38)41-8-12-16(44-46(34,35)36)15(31)21(43-12)29-11-28-14-18(23)26-10-27-19(14)29/h10-12,15-17,21,31-32H,4-9H2,1-3H3,(H,24,30)(H,25,33)(H,37,38)(H,39,40)(H2,23,26,27)(H2,34,35,36)/t12-,15-,16-,17+,21-/m1/s1. The van der Waals surface area contributed by atoms with Crippen molar-refractivity contribution >= 4 is 52.3 Å². The Hall–Kier alpha value is -2.46. The first-order valence-electron chi connectivity index (χ1n) is 14.1. The van der Waals surface area contributed by atoms with Crippen LogP contribution >= 0.6 is 23.5 Å². The summed E-state index contributed by atoms with van der Waals surface area (Å²) in [5.41, 5.74) is 4.32. The number of imidazole rings is 1. The molecular weight excluding hydrogens is 711 g/mol. The highest BCUT2D eigenvalue weighted by atomic mass is 31.3. The molecule has 7 atom stereocenters. The fourth-order valence-corrected chi connectivity index (χ4v) is 7.03. The molecule has 2 amide bonds. The summed E-state index contributed by atoms with van der Waals surface area (Å²) in [6.07, 6.45) is -5.96. The van der Waals surface area contributed by atoms with Crippen LogP contribution < -0.4 is 16.4 Å². The van der Waals surface area contributed by atoms with E-state index >= 15 is 0 Å². The van der Waals surface area contributed by atoms with Gasteiger partial charge in [-0.15, -0.1) is 0 Å². The van der Waals surface area contributed by atoms with Crippen molar-refractivity contribution in [2.45, 2.75) is 64.3 Å². The Morgan fingerprint density at radius 2 is 1.75 bits per heavy atom. The lowest BCUT2D eigenvalue weighted by molar-refractivity contribution is -0.137. The molecule has 0 aliphatic carbocycles. The van der Waals surface area contributed by atoms with Gasteiger partial charge in [0.15, 0.2) is 17.7 Å². The highest BCUT2D eigenvalue weighted by molar-refractivity contribution is 7.61. The zero-order chi connectivity index (χ0) is 36.1. The summed E-state index contributed by atoms with van der Waals surface area (Å²) in [6.45, 7) is 2.77. The molecule has 48 heavy (non-hydrogen) atoms. The van der Waals surface area contributed by atoms with Gasteiger partial charge in [-0.05, 0) is 6.42 Å². The van der Waals surface area contributed by atoms with Crippen molar-refractivity contribution in [3.05, 3.63) is 12.7 Å². The first kappa shape index (κ1) is 40.0. The first-order chi connectivity index (χ1) is 22.2. The number of rotatable bonds is 18. The van der Waals surface area contributed by atoms with Gasteiger partial charge in [-0.25, -0.2) is 28.6 Å². The van der Waals surface area contributed by atoms with Crippen molar-refractivity contribution in [2.75, 3.05) is 32.0 Å². The Bertz CT molecular complexity index is 1590. The van der Waals surface area contributed by atoms with Crippen molar-refractivity contribution < 1.29 is 75.7 Å². The summed E-state index contributed by atoms with van der Waals surface area (Å²) in [6, 6.07) is 0. The molecule has 10 N–H and O–H groups in total. The monoisotopic (exact) mass is 749 g/mol. The summed E-state index contributed by atoms with van der Waals surface area (Å²) < 4.78 is 61.7. The SMILES string of the molecule is CCCNC(=O)CCNC(=O)[C@H](O)C(C)(C)COP(=O)(O)OP(=O)(O)OC[C@H]1O[C@@H](n2cnc3c(N)ncnc32)[C@H](O)[C@@H]1OP(=O)(O)O. The maximum atomic E-state index is 12.6. The van der Waals surface area contributed by atoms with Gasteiger partial charge in [0.1, 0.15) is 36.3 Å². The van der Waals surface area contributed by atoms with E-state index in [-0.39, 0.29) is 35.9 Å². The number of phosphoric acid groups is 3. The average Bonchev–Trinajstić information content (AvgIpc) is 3.54. The fraction of sp³-hybridized carbons (Fsp3) is 0.682. The van der Waals surface area contributed by atoms with Crippen molar-refractivity contribution in [1.29, 1.82) is 0 Å². The molecular formula is C22H38N7O16P3. The average molecular weight is 750 g/mol. The Balaban J connectivity index is 1.61. The van der Waals surface area contributed by atoms with E-state index in [0.717, 1.165) is 17.2 Å². The highest BCUT2D eigenvalue weighted by Gasteiger charge is 2.50. The number of nitrogens with two attached hydrogens (primary N) is 1. The van der Waals surface area contributed by atoms with E-state index in [9.17, 15) is 53.1 Å². The van der Waals surface area contributed by atoms with Crippen LogP contribution in [0.4, 0.5) is 5.82 Å². The number of nitrogens with zero attached hydrogens (tertiary/aromatic N) is 4. The summed E-state index contributed by atoms with van der Waals surface area (Å²) in [4.78, 5) is 74.7. The molecule has 0 spiro atoms. The van der Waals surface area contributed by atoms with Crippen LogP contribution in [0.3, 0.4) is 0 Å². The minimum Gasteiger partial charge on any atom is -0.386 e. The van der Waals surface area contributed by atoms with E-state index in [1.54, 1.807) is 0 Å². The van der Waals surface area contributed by atoms with Gasteiger partial charge in [0.25, 0.3) is 0 Å². The maximum Gasteiger partial charge on any atom is 0.481 e. The van der Waals surface area contributed by atoms with Gasteiger partial charge in [0.05, 0.1) is 19.5 Å². The zero-order valence-corrected chi connectivity index (χ0v) is 28.4. The van der Waals surface area contributed by atoms with E-state index in [0.29, 0.717) is 13.0 Å². The number of nitrogen functional groups attached to an aromatic ring is 1. The third-order valence-electron chi connectivity index (χ3n) is 6.65. The summed E-state index contributed by atoms with van der Waals surface area (Å²) in [7, 11) is -16.3. The lowest BCUT2D eigenvalue weighted by atomic mass is 9.87. The number of aliphatic hydroxyl groups excluding tert-OH is 2. The lowest BCUT2D eigenvalue weighted by Crippen LogP contribution is -2.46. The summed E-state index contributed by atoms with van der Waals surface area (Å²) in [5.74, 6) is -1.29. The number of hydrogen-bond donors (Lipinski definition) is 9. The van der Waals surface area contributed by atoms with Crippen LogP contribution in [0.1, 0.15) is 39.8 Å². The van der Waals surface area contributed by atoms with Gasteiger partial charge in [0, 0.05) is 24.9 Å². The minimum atomic E-state index is -5.53. The molecule has 0 bridgehead atoms. The number of hydrogen-bond acceptors (Lipinski definition) is 16.